The van der Waals surface area contributed by atoms with Crippen LogP contribution in [0.3, 0.4) is 0 Å². The Bertz CT molecular complexity index is 270. The van der Waals surface area contributed by atoms with Crippen molar-refractivity contribution in [1.82, 2.24) is 10.2 Å². The van der Waals surface area contributed by atoms with Gasteiger partial charge in [0.25, 0.3) is 0 Å². The standard InChI is InChI=1S/C11H18N2O/c1-11-4-8(5-11)6-13(11)7-9-2-3-10(14)12-9/h8-9H,2-7H2,1H3,(H,12,14)/t8?,9-,11?/m0/s1. The average molecular weight is 194 g/mol. The Labute approximate surface area is 84.8 Å². The summed E-state index contributed by atoms with van der Waals surface area (Å²) in [5.41, 5.74) is 0.484. The zero-order chi connectivity index (χ0) is 9.76. The largest absolute Gasteiger partial charge is 0.352 e. The van der Waals surface area contributed by atoms with Gasteiger partial charge in [0.15, 0.2) is 0 Å². The second-order valence-corrected chi connectivity index (χ2v) is 5.48. The van der Waals surface area contributed by atoms with Crippen molar-refractivity contribution in [2.75, 3.05) is 13.1 Å². The smallest absolute Gasteiger partial charge is 0.220 e. The molecule has 4 rings (SSSR count). The van der Waals surface area contributed by atoms with E-state index >= 15 is 0 Å². The number of fused-ring (bicyclic) bond motifs is 1. The third-order valence-electron chi connectivity index (χ3n) is 4.22. The first kappa shape index (κ1) is 8.72. The minimum atomic E-state index is 0.242. The molecule has 0 aromatic rings. The van der Waals surface area contributed by atoms with Crippen LogP contribution in [-0.4, -0.2) is 35.5 Å². The molecule has 1 saturated carbocycles. The summed E-state index contributed by atoms with van der Waals surface area (Å²) in [6.07, 6.45) is 4.54. The predicted molar refractivity (Wildman–Crippen MR) is 53.9 cm³/mol. The van der Waals surface area contributed by atoms with Gasteiger partial charge in [-0.1, -0.05) is 0 Å². The van der Waals surface area contributed by atoms with E-state index in [1.807, 2.05) is 0 Å². The Morgan fingerprint density at radius 1 is 1.57 bits per heavy atom. The van der Waals surface area contributed by atoms with Gasteiger partial charge in [-0.3, -0.25) is 9.69 Å². The molecule has 2 bridgehead atoms. The van der Waals surface area contributed by atoms with Crippen molar-refractivity contribution >= 4 is 5.91 Å². The molecule has 3 heteroatoms. The Kier molecular flexibility index (Phi) is 1.69. The topological polar surface area (TPSA) is 32.3 Å². The molecular weight excluding hydrogens is 176 g/mol. The molecule has 0 aromatic carbocycles. The maximum atomic E-state index is 11.1. The molecule has 0 aromatic heterocycles. The maximum absolute atomic E-state index is 11.1. The fourth-order valence-electron chi connectivity index (χ4n) is 3.48. The number of nitrogens with one attached hydrogen (secondary N) is 1. The summed E-state index contributed by atoms with van der Waals surface area (Å²) >= 11 is 0. The Morgan fingerprint density at radius 3 is 2.86 bits per heavy atom. The summed E-state index contributed by atoms with van der Waals surface area (Å²) < 4.78 is 0. The normalized spacial score (nSPS) is 46.5. The summed E-state index contributed by atoms with van der Waals surface area (Å²) in [6, 6.07) is 0.429. The van der Waals surface area contributed by atoms with Gasteiger partial charge in [-0.15, -0.1) is 0 Å². The number of hydrogen-bond acceptors (Lipinski definition) is 2. The summed E-state index contributed by atoms with van der Waals surface area (Å²) in [5.74, 6) is 1.20. The second-order valence-electron chi connectivity index (χ2n) is 5.48. The molecule has 1 N–H and O–H groups in total. The zero-order valence-electron chi connectivity index (χ0n) is 8.75. The van der Waals surface area contributed by atoms with E-state index in [2.05, 4.69) is 17.1 Å². The number of carbonyl (C=O) groups is 1. The van der Waals surface area contributed by atoms with E-state index in [0.29, 0.717) is 11.6 Å². The van der Waals surface area contributed by atoms with E-state index in [4.69, 9.17) is 0 Å². The van der Waals surface area contributed by atoms with Gasteiger partial charge in [0, 0.05) is 31.1 Å². The van der Waals surface area contributed by atoms with Crippen LogP contribution < -0.4 is 5.32 Å². The van der Waals surface area contributed by atoms with Gasteiger partial charge < -0.3 is 5.32 Å². The molecule has 0 radical (unpaired) electrons. The van der Waals surface area contributed by atoms with Crippen LogP contribution in [0, 0.1) is 5.92 Å². The van der Waals surface area contributed by atoms with Crippen LogP contribution in [0.25, 0.3) is 0 Å². The monoisotopic (exact) mass is 194 g/mol. The first-order chi connectivity index (χ1) is 6.66. The lowest BCUT2D eigenvalue weighted by atomic mass is 9.75. The minimum Gasteiger partial charge on any atom is -0.352 e. The molecule has 3 aliphatic heterocycles. The lowest BCUT2D eigenvalue weighted by Crippen LogP contribution is -2.47. The molecular formula is C11H18N2O. The summed E-state index contributed by atoms with van der Waals surface area (Å²) in [6.45, 7) is 4.72. The van der Waals surface area contributed by atoms with Crippen molar-refractivity contribution in [3.05, 3.63) is 0 Å². The molecule has 1 aliphatic carbocycles. The van der Waals surface area contributed by atoms with Crippen LogP contribution >= 0.6 is 0 Å². The van der Waals surface area contributed by atoms with Crippen molar-refractivity contribution in [1.29, 1.82) is 0 Å². The van der Waals surface area contributed by atoms with E-state index < -0.39 is 0 Å². The minimum absolute atomic E-state index is 0.242. The number of amides is 1. The molecule has 0 unspecified atom stereocenters. The number of rotatable bonds is 2. The molecule has 0 spiro atoms. The lowest BCUT2D eigenvalue weighted by Gasteiger charge is -2.39. The fraction of sp³-hybridized carbons (Fsp3) is 0.909. The van der Waals surface area contributed by atoms with Gasteiger partial charge in [0.2, 0.25) is 5.91 Å². The SMILES string of the molecule is CC12CC(CN1C[C@@H]1CCC(=O)N1)C2. The van der Waals surface area contributed by atoms with Crippen molar-refractivity contribution in [2.24, 2.45) is 5.92 Å². The molecule has 3 heterocycles. The van der Waals surface area contributed by atoms with E-state index in [9.17, 15) is 4.79 Å². The van der Waals surface area contributed by atoms with Gasteiger partial charge in [-0.25, -0.2) is 0 Å². The number of nitrogens with zero attached hydrogens (tertiary/aromatic N) is 1. The number of hydrogen-bond donors (Lipinski definition) is 1. The van der Waals surface area contributed by atoms with Gasteiger partial charge >= 0.3 is 0 Å². The highest BCUT2D eigenvalue weighted by atomic mass is 16.1. The number of carbonyl (C=O) groups excluding carboxylic acids is 1. The highest BCUT2D eigenvalue weighted by Gasteiger charge is 2.52. The fourth-order valence-corrected chi connectivity index (χ4v) is 3.48. The van der Waals surface area contributed by atoms with E-state index in [1.165, 1.54) is 19.4 Å². The van der Waals surface area contributed by atoms with Crippen molar-refractivity contribution in [2.45, 2.75) is 44.2 Å². The van der Waals surface area contributed by atoms with E-state index in [0.717, 1.165) is 25.3 Å². The van der Waals surface area contributed by atoms with Crippen LogP contribution in [0.5, 0.6) is 0 Å². The Morgan fingerprint density at radius 2 is 2.36 bits per heavy atom. The average Bonchev–Trinajstić information content (AvgIpc) is 2.65. The van der Waals surface area contributed by atoms with Crippen LogP contribution in [0.15, 0.2) is 0 Å². The first-order valence-electron chi connectivity index (χ1n) is 5.70. The molecule has 1 atom stereocenters. The van der Waals surface area contributed by atoms with Crippen LogP contribution in [-0.2, 0) is 4.79 Å². The molecule has 1 amide bonds. The van der Waals surface area contributed by atoms with E-state index in [-0.39, 0.29) is 5.91 Å². The van der Waals surface area contributed by atoms with Gasteiger partial charge in [0.1, 0.15) is 0 Å². The van der Waals surface area contributed by atoms with Crippen molar-refractivity contribution in [3.8, 4) is 0 Å². The molecule has 14 heavy (non-hydrogen) atoms. The Hall–Kier alpha value is -0.570. The molecule has 3 nitrogen and oxygen atoms in total. The van der Waals surface area contributed by atoms with Crippen LogP contribution in [0.2, 0.25) is 0 Å². The highest BCUT2D eigenvalue weighted by Crippen LogP contribution is 2.50. The van der Waals surface area contributed by atoms with Gasteiger partial charge in [-0.05, 0) is 32.1 Å². The molecule has 78 valence electrons. The van der Waals surface area contributed by atoms with Gasteiger partial charge in [0.05, 0.1) is 0 Å². The summed E-state index contributed by atoms with van der Waals surface area (Å²) in [5, 5.41) is 3.06. The summed E-state index contributed by atoms with van der Waals surface area (Å²) in [4.78, 5) is 13.7. The van der Waals surface area contributed by atoms with Crippen LogP contribution in [0.1, 0.15) is 32.6 Å². The third-order valence-corrected chi connectivity index (χ3v) is 4.22. The third kappa shape index (κ3) is 1.18. The zero-order valence-corrected chi connectivity index (χ0v) is 8.75. The van der Waals surface area contributed by atoms with Crippen molar-refractivity contribution < 1.29 is 4.79 Å². The van der Waals surface area contributed by atoms with Gasteiger partial charge in [-0.2, -0.15) is 0 Å². The molecule has 3 saturated heterocycles. The highest BCUT2D eigenvalue weighted by molar-refractivity contribution is 5.78. The molecule has 4 fully saturated rings. The quantitative estimate of drug-likeness (QED) is 0.703. The van der Waals surface area contributed by atoms with Crippen LogP contribution in [0.4, 0.5) is 0 Å². The Balaban J connectivity index is 1.60. The predicted octanol–water partition coefficient (Wildman–Crippen LogP) is 0.749. The van der Waals surface area contributed by atoms with Crippen molar-refractivity contribution in [3.63, 3.8) is 0 Å². The second kappa shape index (κ2) is 2.72. The summed E-state index contributed by atoms with van der Waals surface area (Å²) in [7, 11) is 0. The first-order valence-corrected chi connectivity index (χ1v) is 5.70. The maximum Gasteiger partial charge on any atom is 0.220 e. The van der Waals surface area contributed by atoms with E-state index in [1.54, 1.807) is 0 Å². The lowest BCUT2D eigenvalue weighted by molar-refractivity contribution is -0.119. The molecule has 4 aliphatic rings.